The monoisotopic (exact) mass is 376 g/mol. The van der Waals surface area contributed by atoms with Crippen LogP contribution in [0.3, 0.4) is 0 Å². The van der Waals surface area contributed by atoms with Gasteiger partial charge in [-0.1, -0.05) is 30.3 Å². The minimum atomic E-state index is 0.482. The molecular weight excluding hydrogens is 360 g/mol. The molecule has 29 heavy (non-hydrogen) atoms. The highest BCUT2D eigenvalue weighted by atomic mass is 16.5. The third-order valence-electron chi connectivity index (χ3n) is 4.52. The van der Waals surface area contributed by atoms with Crippen molar-refractivity contribution in [2.24, 2.45) is 0 Å². The van der Waals surface area contributed by atoms with E-state index in [4.69, 9.17) is 10.00 Å². The molecule has 4 aromatic rings. The van der Waals surface area contributed by atoms with Crippen LogP contribution in [0.1, 0.15) is 16.7 Å². The molecule has 0 aliphatic carbocycles. The highest BCUT2D eigenvalue weighted by Gasteiger charge is 2.08. The average Bonchev–Trinajstić information content (AvgIpc) is 3.28. The topological polar surface area (TPSA) is 74.6 Å². The number of ether oxygens (including phenoxy) is 1. The Hall–Kier alpha value is -4.35. The van der Waals surface area contributed by atoms with Gasteiger partial charge in [0.15, 0.2) is 0 Å². The van der Waals surface area contributed by atoms with Crippen molar-refractivity contribution in [1.82, 2.24) is 9.55 Å². The number of hydrogen-bond donors (Lipinski definition) is 0. The van der Waals surface area contributed by atoms with Gasteiger partial charge in [-0.3, -0.25) is 0 Å². The van der Waals surface area contributed by atoms with Crippen LogP contribution >= 0.6 is 0 Å². The van der Waals surface area contributed by atoms with Crippen LogP contribution in [-0.4, -0.2) is 9.55 Å². The maximum absolute atomic E-state index is 9.41. The zero-order valence-electron chi connectivity index (χ0n) is 15.5. The van der Waals surface area contributed by atoms with Crippen LogP contribution in [0.4, 0.5) is 0 Å². The standard InChI is InChI=1S/C24H16N4O/c25-14-18-1-4-20(5-2-18)21-7-9-23(10-8-21)29-24-13-19(3-6-22(24)15-26)16-28-12-11-27-17-28/h1-13,17H,16H2. The van der Waals surface area contributed by atoms with E-state index < -0.39 is 0 Å². The van der Waals surface area contributed by atoms with Crippen molar-refractivity contribution in [3.63, 3.8) is 0 Å². The molecule has 0 aliphatic heterocycles. The molecule has 0 spiro atoms. The van der Waals surface area contributed by atoms with Crippen molar-refractivity contribution < 1.29 is 4.74 Å². The molecule has 3 aromatic carbocycles. The van der Waals surface area contributed by atoms with Crippen molar-refractivity contribution in [3.05, 3.63) is 102 Å². The number of nitrogens with zero attached hydrogens (tertiary/aromatic N) is 4. The van der Waals surface area contributed by atoms with E-state index in [9.17, 15) is 5.26 Å². The fourth-order valence-electron chi connectivity index (χ4n) is 3.01. The van der Waals surface area contributed by atoms with Gasteiger partial charge >= 0.3 is 0 Å². The molecule has 0 radical (unpaired) electrons. The molecule has 0 saturated carbocycles. The Labute approximate surface area is 168 Å². The molecule has 1 heterocycles. The zero-order chi connectivity index (χ0) is 20.1. The van der Waals surface area contributed by atoms with Crippen LogP contribution in [0.2, 0.25) is 0 Å². The SMILES string of the molecule is N#Cc1ccc(-c2ccc(Oc3cc(Cn4ccnc4)ccc3C#N)cc2)cc1. The van der Waals surface area contributed by atoms with Gasteiger partial charge in [-0.25, -0.2) is 4.98 Å². The Kier molecular flexibility index (Phi) is 5.05. The van der Waals surface area contributed by atoms with Gasteiger partial charge in [0.25, 0.3) is 0 Å². The minimum absolute atomic E-state index is 0.482. The summed E-state index contributed by atoms with van der Waals surface area (Å²) >= 11 is 0. The lowest BCUT2D eigenvalue weighted by atomic mass is 10.0. The smallest absolute Gasteiger partial charge is 0.145 e. The third kappa shape index (κ3) is 4.16. The third-order valence-corrected chi connectivity index (χ3v) is 4.52. The van der Waals surface area contributed by atoms with Gasteiger partial charge in [0, 0.05) is 18.9 Å². The summed E-state index contributed by atoms with van der Waals surface area (Å²) in [5.74, 6) is 1.18. The van der Waals surface area contributed by atoms with E-state index in [1.807, 2.05) is 59.3 Å². The summed E-state index contributed by atoms with van der Waals surface area (Å²) < 4.78 is 7.95. The number of aromatic nitrogens is 2. The Bertz CT molecular complexity index is 1200. The van der Waals surface area contributed by atoms with Crippen LogP contribution in [0, 0.1) is 22.7 Å². The molecular formula is C24H16N4O. The van der Waals surface area contributed by atoms with Crippen molar-refractivity contribution in [2.45, 2.75) is 6.54 Å². The largest absolute Gasteiger partial charge is 0.456 e. The first-order valence-electron chi connectivity index (χ1n) is 9.02. The minimum Gasteiger partial charge on any atom is -0.456 e. The summed E-state index contributed by atoms with van der Waals surface area (Å²) in [5, 5.41) is 18.3. The predicted octanol–water partition coefficient (Wildman–Crippen LogP) is 5.13. The number of rotatable bonds is 5. The number of benzene rings is 3. The second kappa shape index (κ2) is 8.12. The molecule has 0 fully saturated rings. The van der Waals surface area contributed by atoms with Crippen LogP contribution in [-0.2, 0) is 6.54 Å². The molecule has 1 aromatic heterocycles. The van der Waals surface area contributed by atoms with E-state index in [1.54, 1.807) is 30.7 Å². The molecule has 0 atom stereocenters. The Morgan fingerprint density at radius 3 is 2.21 bits per heavy atom. The van der Waals surface area contributed by atoms with Gasteiger partial charge in [-0.15, -0.1) is 0 Å². The normalized spacial score (nSPS) is 10.1. The van der Waals surface area contributed by atoms with Crippen LogP contribution in [0.5, 0.6) is 11.5 Å². The molecule has 138 valence electrons. The second-order valence-corrected chi connectivity index (χ2v) is 6.49. The van der Waals surface area contributed by atoms with E-state index in [-0.39, 0.29) is 0 Å². The van der Waals surface area contributed by atoms with Crippen LogP contribution < -0.4 is 4.74 Å². The maximum atomic E-state index is 9.41. The number of imidazole rings is 1. The lowest BCUT2D eigenvalue weighted by molar-refractivity contribution is 0.480. The van der Waals surface area contributed by atoms with Gasteiger partial charge in [-0.2, -0.15) is 10.5 Å². The molecule has 4 rings (SSSR count). The van der Waals surface area contributed by atoms with Gasteiger partial charge in [0.05, 0.1) is 23.5 Å². The summed E-state index contributed by atoms with van der Waals surface area (Å²) in [4.78, 5) is 4.05. The maximum Gasteiger partial charge on any atom is 0.145 e. The van der Waals surface area contributed by atoms with Crippen molar-refractivity contribution in [3.8, 4) is 34.8 Å². The van der Waals surface area contributed by atoms with Crippen LogP contribution in [0.15, 0.2) is 85.5 Å². The molecule has 0 aliphatic rings. The summed E-state index contributed by atoms with van der Waals surface area (Å²) in [6, 6.07) is 25.0. The molecule has 0 saturated heterocycles. The van der Waals surface area contributed by atoms with Crippen molar-refractivity contribution >= 4 is 0 Å². The lowest BCUT2D eigenvalue weighted by Crippen LogP contribution is -1.98. The van der Waals surface area contributed by atoms with Crippen molar-refractivity contribution in [2.75, 3.05) is 0 Å². The second-order valence-electron chi connectivity index (χ2n) is 6.49. The summed E-state index contributed by atoms with van der Waals surface area (Å²) in [6.45, 7) is 0.652. The number of hydrogen-bond acceptors (Lipinski definition) is 4. The quantitative estimate of drug-likeness (QED) is 0.484. The van der Waals surface area contributed by atoms with Gasteiger partial charge in [0.1, 0.15) is 17.6 Å². The zero-order valence-corrected chi connectivity index (χ0v) is 15.5. The summed E-state index contributed by atoms with van der Waals surface area (Å²) in [7, 11) is 0. The highest BCUT2D eigenvalue weighted by molar-refractivity contribution is 5.65. The molecule has 0 bridgehead atoms. The highest BCUT2D eigenvalue weighted by Crippen LogP contribution is 2.29. The van der Waals surface area contributed by atoms with Crippen molar-refractivity contribution in [1.29, 1.82) is 10.5 Å². The first-order chi connectivity index (χ1) is 14.2. The van der Waals surface area contributed by atoms with E-state index >= 15 is 0 Å². The van der Waals surface area contributed by atoms with E-state index in [0.29, 0.717) is 29.2 Å². The Balaban J connectivity index is 1.55. The molecule has 0 amide bonds. The fourth-order valence-corrected chi connectivity index (χ4v) is 3.01. The average molecular weight is 376 g/mol. The van der Waals surface area contributed by atoms with Gasteiger partial charge in [-0.05, 0) is 53.1 Å². The van der Waals surface area contributed by atoms with E-state index in [0.717, 1.165) is 16.7 Å². The molecule has 5 heteroatoms. The first kappa shape index (κ1) is 18.0. The predicted molar refractivity (Wildman–Crippen MR) is 109 cm³/mol. The first-order valence-corrected chi connectivity index (χ1v) is 9.02. The molecule has 0 unspecified atom stereocenters. The van der Waals surface area contributed by atoms with Gasteiger partial charge in [0.2, 0.25) is 0 Å². The summed E-state index contributed by atoms with van der Waals surface area (Å²) in [5.41, 5.74) is 4.18. The van der Waals surface area contributed by atoms with E-state index in [2.05, 4.69) is 17.1 Å². The Morgan fingerprint density at radius 1 is 0.862 bits per heavy atom. The molecule has 5 nitrogen and oxygen atoms in total. The fraction of sp³-hybridized carbons (Fsp3) is 0.0417. The van der Waals surface area contributed by atoms with Gasteiger partial charge < -0.3 is 9.30 Å². The summed E-state index contributed by atoms with van der Waals surface area (Å²) in [6.07, 6.45) is 5.37. The lowest BCUT2D eigenvalue weighted by Gasteiger charge is -2.11. The molecule has 0 N–H and O–H groups in total. The Morgan fingerprint density at radius 2 is 1.59 bits per heavy atom. The van der Waals surface area contributed by atoms with E-state index in [1.165, 1.54) is 0 Å². The number of nitriles is 2. The van der Waals surface area contributed by atoms with Crippen LogP contribution in [0.25, 0.3) is 11.1 Å².